The van der Waals surface area contributed by atoms with Gasteiger partial charge in [0.15, 0.2) is 0 Å². The fraction of sp³-hybridized carbons (Fsp3) is 0.263. The van der Waals surface area contributed by atoms with Gasteiger partial charge in [0, 0.05) is 37.4 Å². The van der Waals surface area contributed by atoms with Crippen LogP contribution in [-0.2, 0) is 6.42 Å². The van der Waals surface area contributed by atoms with Crippen LogP contribution >= 0.6 is 11.6 Å². The van der Waals surface area contributed by atoms with Crippen LogP contribution in [0.3, 0.4) is 0 Å². The average molecular weight is 402 g/mol. The summed E-state index contributed by atoms with van der Waals surface area (Å²) in [4.78, 5) is 20.8. The summed E-state index contributed by atoms with van der Waals surface area (Å²) >= 11 is 6.02. The second-order valence-corrected chi connectivity index (χ2v) is 6.79. The van der Waals surface area contributed by atoms with E-state index in [2.05, 4.69) is 20.1 Å². The Balaban J connectivity index is 1.38. The molecule has 1 fully saturated rings. The number of halogens is 2. The first-order valence-electron chi connectivity index (χ1n) is 8.82. The molecule has 0 bridgehead atoms. The van der Waals surface area contributed by atoms with E-state index in [0.29, 0.717) is 31.7 Å². The highest BCUT2D eigenvalue weighted by Crippen LogP contribution is 2.21. The van der Waals surface area contributed by atoms with Gasteiger partial charge in [0.2, 0.25) is 5.89 Å². The van der Waals surface area contributed by atoms with Crippen molar-refractivity contribution in [3.63, 3.8) is 0 Å². The molecular weight excluding hydrogens is 385 g/mol. The fourth-order valence-corrected chi connectivity index (χ4v) is 3.29. The van der Waals surface area contributed by atoms with Crippen LogP contribution in [0.2, 0.25) is 5.02 Å². The third-order valence-corrected chi connectivity index (χ3v) is 4.90. The molecule has 1 amide bonds. The molecule has 0 saturated carbocycles. The Labute approximate surface area is 165 Å². The largest absolute Gasteiger partial charge is 0.417 e. The van der Waals surface area contributed by atoms with Crippen molar-refractivity contribution in [3.05, 3.63) is 70.8 Å². The van der Waals surface area contributed by atoms with Gasteiger partial charge in [0.05, 0.1) is 6.42 Å². The summed E-state index contributed by atoms with van der Waals surface area (Å²) in [5, 5.41) is 8.05. The zero-order chi connectivity index (χ0) is 19.5. The van der Waals surface area contributed by atoms with Crippen molar-refractivity contribution in [2.24, 2.45) is 0 Å². The standard InChI is InChI=1S/C19H17ClFN5O2/c20-15-12-14(21)5-4-13(15)11-17-23-24-18(28-17)19(27)26-9-7-25(8-10-26)16-3-1-2-6-22-16/h1-6,12H,7-11H2. The Kier molecular flexibility index (Phi) is 5.21. The summed E-state index contributed by atoms with van der Waals surface area (Å²) in [5.74, 6) is 0.374. The topological polar surface area (TPSA) is 75.4 Å². The highest BCUT2D eigenvalue weighted by Gasteiger charge is 2.26. The van der Waals surface area contributed by atoms with Crippen molar-refractivity contribution in [3.8, 4) is 0 Å². The molecule has 0 unspecified atom stereocenters. The highest BCUT2D eigenvalue weighted by molar-refractivity contribution is 6.31. The molecule has 4 rings (SSSR count). The van der Waals surface area contributed by atoms with Gasteiger partial charge in [-0.15, -0.1) is 10.2 Å². The van der Waals surface area contributed by atoms with Crippen molar-refractivity contribution in [1.29, 1.82) is 0 Å². The number of carbonyl (C=O) groups excluding carboxylic acids is 1. The molecule has 0 atom stereocenters. The Morgan fingerprint density at radius 1 is 1.14 bits per heavy atom. The molecular formula is C19H17ClFN5O2. The molecule has 7 nitrogen and oxygen atoms in total. The summed E-state index contributed by atoms with van der Waals surface area (Å²) in [5.41, 5.74) is 0.648. The van der Waals surface area contributed by atoms with E-state index < -0.39 is 5.82 Å². The van der Waals surface area contributed by atoms with Crippen molar-refractivity contribution >= 4 is 23.3 Å². The van der Waals surface area contributed by atoms with Gasteiger partial charge < -0.3 is 14.2 Å². The number of benzene rings is 1. The molecule has 0 N–H and O–H groups in total. The first-order chi connectivity index (χ1) is 13.6. The van der Waals surface area contributed by atoms with E-state index in [1.807, 2.05) is 18.2 Å². The summed E-state index contributed by atoms with van der Waals surface area (Å²) in [7, 11) is 0. The van der Waals surface area contributed by atoms with E-state index >= 15 is 0 Å². The zero-order valence-electron chi connectivity index (χ0n) is 14.9. The van der Waals surface area contributed by atoms with Crippen molar-refractivity contribution in [2.75, 3.05) is 31.1 Å². The van der Waals surface area contributed by atoms with Gasteiger partial charge in [-0.25, -0.2) is 9.37 Å². The van der Waals surface area contributed by atoms with Gasteiger partial charge in [-0.2, -0.15) is 0 Å². The van der Waals surface area contributed by atoms with Gasteiger partial charge in [-0.3, -0.25) is 4.79 Å². The predicted octanol–water partition coefficient (Wildman–Crippen LogP) is 2.81. The second kappa shape index (κ2) is 7.93. The van der Waals surface area contributed by atoms with E-state index in [1.165, 1.54) is 12.1 Å². The number of rotatable bonds is 4. The van der Waals surface area contributed by atoms with Gasteiger partial charge in [-0.1, -0.05) is 23.7 Å². The third kappa shape index (κ3) is 3.96. The lowest BCUT2D eigenvalue weighted by Crippen LogP contribution is -2.49. The summed E-state index contributed by atoms with van der Waals surface area (Å²) in [6.45, 7) is 2.43. The van der Waals surface area contributed by atoms with Crippen LogP contribution in [0.5, 0.6) is 0 Å². The minimum atomic E-state index is -0.417. The molecule has 1 aliphatic rings. The molecule has 0 spiro atoms. The lowest BCUT2D eigenvalue weighted by atomic mass is 10.1. The number of piperazine rings is 1. The molecule has 1 aromatic carbocycles. The van der Waals surface area contributed by atoms with Gasteiger partial charge in [-0.05, 0) is 29.8 Å². The van der Waals surface area contributed by atoms with Crippen LogP contribution < -0.4 is 4.90 Å². The van der Waals surface area contributed by atoms with E-state index in [-0.39, 0.29) is 29.1 Å². The quantitative estimate of drug-likeness (QED) is 0.669. The maximum Gasteiger partial charge on any atom is 0.311 e. The van der Waals surface area contributed by atoms with Crippen molar-refractivity contribution < 1.29 is 13.6 Å². The Morgan fingerprint density at radius 3 is 2.68 bits per heavy atom. The Bertz CT molecular complexity index is 973. The van der Waals surface area contributed by atoms with E-state index in [4.69, 9.17) is 16.0 Å². The van der Waals surface area contributed by atoms with Crippen LogP contribution in [0.25, 0.3) is 0 Å². The average Bonchev–Trinajstić information content (AvgIpc) is 3.19. The molecule has 3 heterocycles. The summed E-state index contributed by atoms with van der Waals surface area (Å²) < 4.78 is 18.7. The van der Waals surface area contributed by atoms with E-state index in [0.717, 1.165) is 5.82 Å². The molecule has 2 aromatic heterocycles. The van der Waals surface area contributed by atoms with Crippen LogP contribution in [0.15, 0.2) is 47.0 Å². The van der Waals surface area contributed by atoms with Gasteiger partial charge in [0.25, 0.3) is 0 Å². The lowest BCUT2D eigenvalue weighted by Gasteiger charge is -2.34. The molecule has 1 aliphatic heterocycles. The van der Waals surface area contributed by atoms with Crippen LogP contribution in [0.1, 0.15) is 22.1 Å². The number of pyridine rings is 1. The maximum atomic E-state index is 13.1. The minimum Gasteiger partial charge on any atom is -0.417 e. The number of nitrogens with zero attached hydrogens (tertiary/aromatic N) is 5. The number of hydrogen-bond donors (Lipinski definition) is 0. The summed E-state index contributed by atoms with van der Waals surface area (Å²) in [6, 6.07) is 9.84. The molecule has 3 aromatic rings. The number of carbonyl (C=O) groups is 1. The lowest BCUT2D eigenvalue weighted by molar-refractivity contribution is 0.0704. The number of anilines is 1. The van der Waals surface area contributed by atoms with Gasteiger partial charge >= 0.3 is 11.8 Å². The predicted molar refractivity (Wildman–Crippen MR) is 101 cm³/mol. The molecule has 0 radical (unpaired) electrons. The van der Waals surface area contributed by atoms with Crippen LogP contribution in [-0.4, -0.2) is 52.2 Å². The highest BCUT2D eigenvalue weighted by atomic mass is 35.5. The number of amides is 1. The smallest absolute Gasteiger partial charge is 0.311 e. The first kappa shape index (κ1) is 18.4. The number of aromatic nitrogens is 3. The molecule has 28 heavy (non-hydrogen) atoms. The zero-order valence-corrected chi connectivity index (χ0v) is 15.6. The Hall–Kier alpha value is -3.00. The van der Waals surface area contributed by atoms with Crippen molar-refractivity contribution in [1.82, 2.24) is 20.1 Å². The van der Waals surface area contributed by atoms with E-state index in [9.17, 15) is 9.18 Å². The fourth-order valence-electron chi connectivity index (χ4n) is 3.05. The third-order valence-electron chi connectivity index (χ3n) is 4.55. The van der Waals surface area contributed by atoms with Crippen molar-refractivity contribution in [2.45, 2.75) is 6.42 Å². The SMILES string of the molecule is O=C(c1nnc(Cc2ccc(F)cc2Cl)o1)N1CCN(c2ccccn2)CC1. The monoisotopic (exact) mass is 401 g/mol. The number of hydrogen-bond acceptors (Lipinski definition) is 6. The first-order valence-corrected chi connectivity index (χ1v) is 9.19. The molecule has 0 aliphatic carbocycles. The Morgan fingerprint density at radius 2 is 1.96 bits per heavy atom. The minimum absolute atomic E-state index is 0.0560. The van der Waals surface area contributed by atoms with Gasteiger partial charge in [0.1, 0.15) is 11.6 Å². The second-order valence-electron chi connectivity index (χ2n) is 6.38. The van der Waals surface area contributed by atoms with Crippen LogP contribution in [0, 0.1) is 5.82 Å². The normalized spacial score (nSPS) is 14.4. The molecule has 144 valence electrons. The van der Waals surface area contributed by atoms with E-state index in [1.54, 1.807) is 17.2 Å². The maximum absolute atomic E-state index is 13.1. The molecule has 9 heteroatoms. The summed E-state index contributed by atoms with van der Waals surface area (Å²) in [6.07, 6.45) is 1.98. The molecule has 1 saturated heterocycles. The van der Waals surface area contributed by atoms with Crippen LogP contribution in [0.4, 0.5) is 10.2 Å².